The molecule has 0 radical (unpaired) electrons. The monoisotopic (exact) mass is 290 g/mol. The fourth-order valence-electron chi connectivity index (χ4n) is 2.57. The highest BCUT2D eigenvalue weighted by Gasteiger charge is 2.32. The Labute approximate surface area is 127 Å². The lowest BCUT2D eigenvalue weighted by Gasteiger charge is -2.40. The number of hydrogen-bond donors (Lipinski definition) is 1. The molecule has 4 heteroatoms. The molecule has 2 rings (SSSR count). The molecule has 1 heterocycles. The van der Waals surface area contributed by atoms with E-state index in [1.807, 2.05) is 43.9 Å². The number of ether oxygens (including phenoxy) is 1. The van der Waals surface area contributed by atoms with Crippen LogP contribution in [0.1, 0.15) is 33.3 Å². The van der Waals surface area contributed by atoms with Crippen LogP contribution in [0.15, 0.2) is 30.3 Å². The van der Waals surface area contributed by atoms with Crippen molar-refractivity contribution in [2.24, 2.45) is 0 Å². The lowest BCUT2D eigenvalue weighted by molar-refractivity contribution is 0.00831. The van der Waals surface area contributed by atoms with Crippen molar-refractivity contribution in [2.75, 3.05) is 13.1 Å². The van der Waals surface area contributed by atoms with Gasteiger partial charge in [-0.05, 0) is 39.7 Å². The Morgan fingerprint density at radius 3 is 2.62 bits per heavy atom. The van der Waals surface area contributed by atoms with Gasteiger partial charge >= 0.3 is 6.09 Å². The molecule has 116 valence electrons. The van der Waals surface area contributed by atoms with E-state index < -0.39 is 5.60 Å². The number of piperazine rings is 1. The Hall–Kier alpha value is -1.55. The molecule has 1 aliphatic rings. The van der Waals surface area contributed by atoms with E-state index in [9.17, 15) is 4.79 Å². The summed E-state index contributed by atoms with van der Waals surface area (Å²) in [5, 5.41) is 3.45. The lowest BCUT2D eigenvalue weighted by atomic mass is 10.0. The number of carbonyl (C=O) groups is 1. The second kappa shape index (κ2) is 6.48. The van der Waals surface area contributed by atoms with Gasteiger partial charge in [0.25, 0.3) is 0 Å². The molecule has 4 nitrogen and oxygen atoms in total. The number of amides is 1. The topological polar surface area (TPSA) is 41.6 Å². The van der Waals surface area contributed by atoms with Crippen LogP contribution in [0.5, 0.6) is 0 Å². The second-order valence-corrected chi connectivity index (χ2v) is 6.79. The largest absolute Gasteiger partial charge is 0.444 e. The standard InChI is InChI=1S/C17H26N2O2/c1-13-12-19(16(20)21-17(2,3)4)15(11-18-13)10-14-8-6-5-7-9-14/h5-9,13,15,18H,10-12H2,1-4H3/t13-,15-/m0/s1. The van der Waals surface area contributed by atoms with Crippen molar-refractivity contribution in [1.29, 1.82) is 0 Å². The first-order valence-corrected chi connectivity index (χ1v) is 7.62. The van der Waals surface area contributed by atoms with Crippen LogP contribution in [0.4, 0.5) is 4.79 Å². The molecule has 0 aliphatic carbocycles. The van der Waals surface area contributed by atoms with Gasteiger partial charge < -0.3 is 15.0 Å². The third-order valence-electron chi connectivity index (χ3n) is 3.56. The fourth-order valence-corrected chi connectivity index (χ4v) is 2.57. The van der Waals surface area contributed by atoms with Crippen molar-refractivity contribution >= 4 is 6.09 Å². The summed E-state index contributed by atoms with van der Waals surface area (Å²) in [7, 11) is 0. The minimum atomic E-state index is -0.456. The number of rotatable bonds is 2. The van der Waals surface area contributed by atoms with Crippen LogP contribution in [0, 0.1) is 0 Å². The van der Waals surface area contributed by atoms with Gasteiger partial charge in [-0.1, -0.05) is 30.3 Å². The SMILES string of the molecule is C[C@H]1CN(C(=O)OC(C)(C)C)[C@@H](Cc2ccccc2)CN1. The quantitative estimate of drug-likeness (QED) is 0.910. The van der Waals surface area contributed by atoms with Crippen LogP contribution in [0.3, 0.4) is 0 Å². The molecule has 0 bridgehead atoms. The molecular weight excluding hydrogens is 264 g/mol. The van der Waals surface area contributed by atoms with Crippen molar-refractivity contribution < 1.29 is 9.53 Å². The van der Waals surface area contributed by atoms with Crippen LogP contribution in [0.2, 0.25) is 0 Å². The van der Waals surface area contributed by atoms with Gasteiger partial charge in [0.1, 0.15) is 5.60 Å². The van der Waals surface area contributed by atoms with E-state index in [0.717, 1.165) is 13.0 Å². The molecule has 1 saturated heterocycles. The smallest absolute Gasteiger partial charge is 0.410 e. The average molecular weight is 290 g/mol. The molecule has 1 amide bonds. The van der Waals surface area contributed by atoms with Gasteiger partial charge in [-0.15, -0.1) is 0 Å². The Bertz CT molecular complexity index is 467. The number of hydrogen-bond acceptors (Lipinski definition) is 3. The van der Waals surface area contributed by atoms with Crippen molar-refractivity contribution in [3.8, 4) is 0 Å². The molecule has 1 aromatic rings. The minimum absolute atomic E-state index is 0.137. The van der Waals surface area contributed by atoms with Gasteiger partial charge in [0.2, 0.25) is 0 Å². The average Bonchev–Trinajstić information content (AvgIpc) is 2.40. The molecule has 0 spiro atoms. The van der Waals surface area contributed by atoms with Gasteiger partial charge in [0.15, 0.2) is 0 Å². The number of benzene rings is 1. The molecule has 0 saturated carbocycles. The molecule has 1 fully saturated rings. The van der Waals surface area contributed by atoms with E-state index >= 15 is 0 Å². The Balaban J connectivity index is 2.08. The van der Waals surface area contributed by atoms with E-state index in [1.54, 1.807) is 0 Å². The highest BCUT2D eigenvalue weighted by molar-refractivity contribution is 5.69. The summed E-state index contributed by atoms with van der Waals surface area (Å²) >= 11 is 0. The van der Waals surface area contributed by atoms with Crippen LogP contribution >= 0.6 is 0 Å². The van der Waals surface area contributed by atoms with Crippen LogP contribution in [-0.4, -0.2) is 41.8 Å². The second-order valence-electron chi connectivity index (χ2n) is 6.79. The first-order valence-electron chi connectivity index (χ1n) is 7.62. The highest BCUT2D eigenvalue weighted by atomic mass is 16.6. The van der Waals surface area contributed by atoms with Gasteiger partial charge in [-0.2, -0.15) is 0 Å². The molecule has 0 unspecified atom stereocenters. The maximum absolute atomic E-state index is 12.4. The van der Waals surface area contributed by atoms with Crippen molar-refractivity contribution in [2.45, 2.75) is 51.8 Å². The molecule has 1 N–H and O–H groups in total. The Morgan fingerprint density at radius 2 is 2.00 bits per heavy atom. The normalized spacial score (nSPS) is 23.0. The maximum Gasteiger partial charge on any atom is 0.410 e. The van der Waals surface area contributed by atoms with Crippen LogP contribution in [0.25, 0.3) is 0 Å². The van der Waals surface area contributed by atoms with Crippen molar-refractivity contribution in [1.82, 2.24) is 10.2 Å². The van der Waals surface area contributed by atoms with Crippen LogP contribution in [-0.2, 0) is 11.2 Å². The summed E-state index contributed by atoms with van der Waals surface area (Å²) in [6.07, 6.45) is 0.636. The highest BCUT2D eigenvalue weighted by Crippen LogP contribution is 2.17. The van der Waals surface area contributed by atoms with Gasteiger partial charge in [-0.3, -0.25) is 0 Å². The molecular formula is C17H26N2O2. The van der Waals surface area contributed by atoms with Gasteiger partial charge in [0.05, 0.1) is 6.04 Å². The zero-order valence-corrected chi connectivity index (χ0v) is 13.4. The summed E-state index contributed by atoms with van der Waals surface area (Å²) in [4.78, 5) is 14.3. The van der Waals surface area contributed by atoms with E-state index in [2.05, 4.69) is 24.4 Å². The third kappa shape index (κ3) is 4.74. The summed E-state index contributed by atoms with van der Waals surface area (Å²) in [6, 6.07) is 10.7. The Morgan fingerprint density at radius 1 is 1.33 bits per heavy atom. The first-order chi connectivity index (χ1) is 9.85. The number of nitrogens with one attached hydrogen (secondary N) is 1. The minimum Gasteiger partial charge on any atom is -0.444 e. The predicted octanol–water partition coefficient (Wildman–Crippen LogP) is 2.83. The van der Waals surface area contributed by atoms with Gasteiger partial charge in [0, 0.05) is 19.1 Å². The maximum atomic E-state index is 12.4. The summed E-state index contributed by atoms with van der Waals surface area (Å²) in [5.74, 6) is 0. The summed E-state index contributed by atoms with van der Waals surface area (Å²) < 4.78 is 5.55. The van der Waals surface area contributed by atoms with Gasteiger partial charge in [-0.25, -0.2) is 4.79 Å². The molecule has 1 aliphatic heterocycles. The number of carbonyl (C=O) groups excluding carboxylic acids is 1. The first kappa shape index (κ1) is 15.8. The number of nitrogens with zero attached hydrogens (tertiary/aromatic N) is 1. The molecule has 0 aromatic heterocycles. The van der Waals surface area contributed by atoms with E-state index in [-0.39, 0.29) is 12.1 Å². The summed E-state index contributed by atoms with van der Waals surface area (Å²) in [6.45, 7) is 9.30. The molecule has 21 heavy (non-hydrogen) atoms. The predicted molar refractivity (Wildman–Crippen MR) is 84.3 cm³/mol. The Kier molecular flexibility index (Phi) is 4.88. The fraction of sp³-hybridized carbons (Fsp3) is 0.588. The van der Waals surface area contributed by atoms with Crippen molar-refractivity contribution in [3.63, 3.8) is 0 Å². The molecule has 1 aromatic carbocycles. The lowest BCUT2D eigenvalue weighted by Crippen LogP contribution is -2.58. The van der Waals surface area contributed by atoms with E-state index in [1.165, 1.54) is 5.56 Å². The third-order valence-corrected chi connectivity index (χ3v) is 3.56. The zero-order valence-electron chi connectivity index (χ0n) is 13.4. The molecule has 2 atom stereocenters. The van der Waals surface area contributed by atoms with Crippen LogP contribution < -0.4 is 5.32 Å². The van der Waals surface area contributed by atoms with E-state index in [4.69, 9.17) is 4.74 Å². The summed E-state index contributed by atoms with van der Waals surface area (Å²) in [5.41, 5.74) is 0.787. The van der Waals surface area contributed by atoms with Crippen molar-refractivity contribution in [3.05, 3.63) is 35.9 Å². The zero-order chi connectivity index (χ0) is 15.5. The van der Waals surface area contributed by atoms with E-state index in [0.29, 0.717) is 12.6 Å².